The standard InChI is InChI=1S/C25H30N2O/c1-5-25-20(4)7-6-8-21(25)17-28-24(26-22-13-9-18(2)10-14-22)27(25)23-15-11-19(3)12-16-23/h5,9-16,20-21H,1,6-8,17H2,2-4H3/t20?,21-,25-/m0/s1. The minimum atomic E-state index is -0.171. The molecule has 1 aliphatic carbocycles. The van der Waals surface area contributed by atoms with Gasteiger partial charge in [0.2, 0.25) is 0 Å². The van der Waals surface area contributed by atoms with E-state index in [4.69, 9.17) is 9.73 Å². The lowest BCUT2D eigenvalue weighted by Crippen LogP contribution is -2.65. The van der Waals surface area contributed by atoms with Gasteiger partial charge in [-0.2, -0.15) is 4.99 Å². The Bertz CT molecular complexity index is 868. The molecule has 2 aliphatic rings. The third-order valence-electron chi connectivity index (χ3n) is 6.50. The number of amidine groups is 1. The third-order valence-corrected chi connectivity index (χ3v) is 6.50. The van der Waals surface area contributed by atoms with Gasteiger partial charge in [-0.3, -0.25) is 4.90 Å². The Kier molecular flexibility index (Phi) is 5.01. The molecule has 1 unspecified atom stereocenters. The molecule has 2 aromatic carbocycles. The van der Waals surface area contributed by atoms with Gasteiger partial charge in [-0.15, -0.1) is 6.58 Å². The number of hydrogen-bond donors (Lipinski definition) is 0. The lowest BCUT2D eigenvalue weighted by Gasteiger charge is -2.56. The average Bonchev–Trinajstić information content (AvgIpc) is 2.71. The molecule has 1 heterocycles. The van der Waals surface area contributed by atoms with Gasteiger partial charge >= 0.3 is 0 Å². The summed E-state index contributed by atoms with van der Waals surface area (Å²) >= 11 is 0. The minimum absolute atomic E-state index is 0.171. The number of rotatable bonds is 3. The van der Waals surface area contributed by atoms with Gasteiger partial charge in [0.25, 0.3) is 6.02 Å². The van der Waals surface area contributed by atoms with Crippen LogP contribution in [0.25, 0.3) is 0 Å². The first-order valence-electron chi connectivity index (χ1n) is 10.3. The van der Waals surface area contributed by atoms with Crippen LogP contribution in [0.3, 0.4) is 0 Å². The molecule has 0 spiro atoms. The predicted molar refractivity (Wildman–Crippen MR) is 117 cm³/mol. The second-order valence-electron chi connectivity index (χ2n) is 8.33. The molecule has 0 aromatic heterocycles. The van der Waals surface area contributed by atoms with Gasteiger partial charge in [-0.05, 0) is 56.9 Å². The highest BCUT2D eigenvalue weighted by Gasteiger charge is 2.53. The smallest absolute Gasteiger partial charge is 0.298 e. The van der Waals surface area contributed by atoms with E-state index in [0.717, 1.165) is 17.8 Å². The molecule has 1 aliphatic heterocycles. The zero-order valence-electron chi connectivity index (χ0n) is 17.2. The summed E-state index contributed by atoms with van der Waals surface area (Å²) in [5.41, 5.74) is 4.34. The van der Waals surface area contributed by atoms with Gasteiger partial charge in [0.05, 0.1) is 17.8 Å². The van der Waals surface area contributed by atoms with Crippen molar-refractivity contribution in [3.8, 4) is 0 Å². The number of benzene rings is 2. The van der Waals surface area contributed by atoms with Crippen molar-refractivity contribution in [2.45, 2.75) is 45.6 Å². The molecule has 3 heteroatoms. The molecule has 3 nitrogen and oxygen atoms in total. The molecule has 1 saturated carbocycles. The summed E-state index contributed by atoms with van der Waals surface area (Å²) in [4.78, 5) is 7.25. The van der Waals surface area contributed by atoms with Gasteiger partial charge in [-0.1, -0.05) is 54.8 Å². The van der Waals surface area contributed by atoms with E-state index >= 15 is 0 Å². The van der Waals surface area contributed by atoms with Gasteiger partial charge < -0.3 is 4.74 Å². The van der Waals surface area contributed by atoms with Crippen LogP contribution in [-0.4, -0.2) is 18.2 Å². The second-order valence-corrected chi connectivity index (χ2v) is 8.33. The van der Waals surface area contributed by atoms with Crippen LogP contribution >= 0.6 is 0 Å². The first kappa shape index (κ1) is 18.8. The summed E-state index contributed by atoms with van der Waals surface area (Å²) in [6, 6.07) is 17.6. The summed E-state index contributed by atoms with van der Waals surface area (Å²) in [5, 5.41) is 0. The fourth-order valence-corrected chi connectivity index (χ4v) is 4.86. The molecule has 1 saturated heterocycles. The summed E-state index contributed by atoms with van der Waals surface area (Å²) in [5.74, 6) is 0.907. The largest absolute Gasteiger partial charge is 0.464 e. The molecule has 0 bridgehead atoms. The summed E-state index contributed by atoms with van der Waals surface area (Å²) < 4.78 is 6.28. The number of nitrogens with zero attached hydrogens (tertiary/aromatic N) is 2. The zero-order chi connectivity index (χ0) is 19.7. The maximum absolute atomic E-state index is 6.28. The Morgan fingerprint density at radius 3 is 2.32 bits per heavy atom. The van der Waals surface area contributed by atoms with Crippen LogP contribution in [0.15, 0.2) is 66.2 Å². The quantitative estimate of drug-likeness (QED) is 0.599. The molecule has 146 valence electrons. The maximum atomic E-state index is 6.28. The van der Waals surface area contributed by atoms with E-state index < -0.39 is 0 Å². The van der Waals surface area contributed by atoms with E-state index in [1.165, 1.54) is 24.0 Å². The predicted octanol–water partition coefficient (Wildman–Crippen LogP) is 6.19. The highest BCUT2D eigenvalue weighted by Crippen LogP contribution is 2.48. The fraction of sp³-hybridized carbons (Fsp3) is 0.400. The molecule has 0 N–H and O–H groups in total. The SMILES string of the molecule is C=C[C@]12C(C)CCC[C@H]1COC(=Nc1ccc(C)cc1)N2c1ccc(C)cc1. The topological polar surface area (TPSA) is 24.8 Å². The van der Waals surface area contributed by atoms with Crippen LogP contribution in [0.4, 0.5) is 11.4 Å². The van der Waals surface area contributed by atoms with Crippen molar-refractivity contribution in [1.29, 1.82) is 0 Å². The highest BCUT2D eigenvalue weighted by molar-refractivity contribution is 5.96. The van der Waals surface area contributed by atoms with E-state index in [9.17, 15) is 0 Å². The van der Waals surface area contributed by atoms with Crippen molar-refractivity contribution in [3.63, 3.8) is 0 Å². The zero-order valence-corrected chi connectivity index (χ0v) is 17.2. The highest BCUT2D eigenvalue weighted by atomic mass is 16.5. The van der Waals surface area contributed by atoms with Crippen LogP contribution in [-0.2, 0) is 4.74 Å². The van der Waals surface area contributed by atoms with Crippen molar-refractivity contribution in [1.82, 2.24) is 0 Å². The van der Waals surface area contributed by atoms with Gasteiger partial charge in [0, 0.05) is 11.6 Å². The Morgan fingerprint density at radius 2 is 1.68 bits per heavy atom. The molecule has 4 rings (SSSR count). The minimum Gasteiger partial charge on any atom is -0.464 e. The third kappa shape index (κ3) is 3.13. The van der Waals surface area contributed by atoms with Crippen LogP contribution in [0, 0.1) is 25.7 Å². The van der Waals surface area contributed by atoms with Crippen molar-refractivity contribution in [2.24, 2.45) is 16.8 Å². The number of fused-ring (bicyclic) bond motifs is 1. The van der Waals surface area contributed by atoms with E-state index in [0.29, 0.717) is 24.5 Å². The van der Waals surface area contributed by atoms with Crippen molar-refractivity contribution < 1.29 is 4.74 Å². The molecule has 2 fully saturated rings. The first-order chi connectivity index (χ1) is 13.5. The number of hydrogen-bond acceptors (Lipinski definition) is 2. The Balaban J connectivity index is 1.86. The first-order valence-corrected chi connectivity index (χ1v) is 10.3. The lowest BCUT2D eigenvalue weighted by atomic mass is 9.65. The van der Waals surface area contributed by atoms with Crippen molar-refractivity contribution >= 4 is 17.4 Å². The van der Waals surface area contributed by atoms with Gasteiger partial charge in [-0.25, -0.2) is 0 Å². The molecular weight excluding hydrogens is 344 g/mol. The monoisotopic (exact) mass is 374 g/mol. The Labute approximate surface area is 168 Å². The summed E-state index contributed by atoms with van der Waals surface area (Å²) in [6.45, 7) is 11.6. The van der Waals surface area contributed by atoms with Gasteiger partial charge in [0.15, 0.2) is 0 Å². The number of anilines is 1. The molecule has 0 radical (unpaired) electrons. The van der Waals surface area contributed by atoms with E-state index in [1.807, 2.05) is 0 Å². The van der Waals surface area contributed by atoms with Crippen LogP contribution in [0.1, 0.15) is 37.3 Å². The number of ether oxygens (including phenoxy) is 1. The Hall–Kier alpha value is -2.55. The van der Waals surface area contributed by atoms with E-state index in [2.05, 4.69) is 86.9 Å². The van der Waals surface area contributed by atoms with Crippen molar-refractivity contribution in [3.05, 3.63) is 72.3 Å². The number of aryl methyl sites for hydroxylation is 2. The molecular formula is C25H30N2O. The summed E-state index contributed by atoms with van der Waals surface area (Å²) in [7, 11) is 0. The number of aliphatic imine (C=N–C) groups is 1. The van der Waals surface area contributed by atoms with E-state index in [1.54, 1.807) is 0 Å². The normalized spacial score (nSPS) is 28.5. The fourth-order valence-electron chi connectivity index (χ4n) is 4.86. The molecule has 2 aromatic rings. The molecule has 0 amide bonds. The molecule has 3 atom stereocenters. The van der Waals surface area contributed by atoms with Crippen LogP contribution in [0.5, 0.6) is 0 Å². The Morgan fingerprint density at radius 1 is 1.04 bits per heavy atom. The summed E-state index contributed by atoms with van der Waals surface area (Å²) in [6.07, 6.45) is 5.77. The average molecular weight is 375 g/mol. The second kappa shape index (κ2) is 7.46. The lowest BCUT2D eigenvalue weighted by molar-refractivity contribution is 0.0721. The molecule has 28 heavy (non-hydrogen) atoms. The van der Waals surface area contributed by atoms with Crippen molar-refractivity contribution in [2.75, 3.05) is 11.5 Å². The van der Waals surface area contributed by atoms with Gasteiger partial charge in [0.1, 0.15) is 0 Å². The van der Waals surface area contributed by atoms with Crippen LogP contribution in [0.2, 0.25) is 0 Å². The maximum Gasteiger partial charge on any atom is 0.298 e. The van der Waals surface area contributed by atoms with E-state index in [-0.39, 0.29) is 5.54 Å². The van der Waals surface area contributed by atoms with Crippen LogP contribution < -0.4 is 4.90 Å².